The monoisotopic (exact) mass is 222 g/mol. The molecular formula is C13H15FO2. The highest BCUT2D eigenvalue weighted by atomic mass is 19.1. The highest BCUT2D eigenvalue weighted by Gasteiger charge is 2.26. The molecule has 0 aliphatic carbocycles. The minimum absolute atomic E-state index is 0.211. The maximum atomic E-state index is 13.4. The molecule has 2 rings (SSSR count). The van der Waals surface area contributed by atoms with Crippen LogP contribution in [0.4, 0.5) is 4.39 Å². The first kappa shape index (κ1) is 11.1. The fraction of sp³-hybridized carbons (Fsp3) is 0.462. The Balaban J connectivity index is 2.61. The van der Waals surface area contributed by atoms with E-state index in [1.807, 2.05) is 13.8 Å². The van der Waals surface area contributed by atoms with Gasteiger partial charge in [-0.25, -0.2) is 4.39 Å². The van der Waals surface area contributed by atoms with Gasteiger partial charge >= 0.3 is 5.97 Å². The third-order valence-electron chi connectivity index (χ3n) is 2.97. The van der Waals surface area contributed by atoms with Gasteiger partial charge in [-0.2, -0.15) is 0 Å². The number of carbonyl (C=O) groups excluding carboxylic acids is 1. The van der Waals surface area contributed by atoms with E-state index in [1.165, 1.54) is 12.1 Å². The van der Waals surface area contributed by atoms with Crippen molar-refractivity contribution >= 4 is 5.97 Å². The largest absolute Gasteiger partial charge is 0.458 e. The number of carbonyl (C=O) groups is 1. The maximum absolute atomic E-state index is 13.4. The normalized spacial score (nSPS) is 19.6. The Hall–Kier alpha value is -1.38. The molecule has 1 aliphatic rings. The fourth-order valence-electron chi connectivity index (χ4n) is 2.21. The molecule has 3 heteroatoms. The molecule has 16 heavy (non-hydrogen) atoms. The van der Waals surface area contributed by atoms with Gasteiger partial charge in [-0.1, -0.05) is 13.8 Å². The highest BCUT2D eigenvalue weighted by Crippen LogP contribution is 2.33. The molecule has 0 bridgehead atoms. The van der Waals surface area contributed by atoms with Gasteiger partial charge in [0.15, 0.2) is 0 Å². The average Bonchev–Trinajstić information content (AvgIpc) is 2.18. The fourth-order valence-corrected chi connectivity index (χ4v) is 2.21. The quantitative estimate of drug-likeness (QED) is 0.682. The van der Waals surface area contributed by atoms with Crippen LogP contribution in [0.2, 0.25) is 0 Å². The van der Waals surface area contributed by atoms with Gasteiger partial charge in [0.1, 0.15) is 11.9 Å². The number of hydrogen-bond donors (Lipinski definition) is 0. The third kappa shape index (κ3) is 1.82. The lowest BCUT2D eigenvalue weighted by molar-refractivity contribution is -0.149. The first-order valence-corrected chi connectivity index (χ1v) is 5.50. The Morgan fingerprint density at radius 2 is 2.12 bits per heavy atom. The van der Waals surface area contributed by atoms with Gasteiger partial charge in [-0.15, -0.1) is 0 Å². The summed E-state index contributed by atoms with van der Waals surface area (Å²) in [5, 5.41) is 0. The molecule has 1 unspecified atom stereocenters. The number of ether oxygens (including phenoxy) is 1. The van der Waals surface area contributed by atoms with Crippen LogP contribution in [0.3, 0.4) is 0 Å². The summed E-state index contributed by atoms with van der Waals surface area (Å²) in [6.45, 7) is 5.78. The van der Waals surface area contributed by atoms with Gasteiger partial charge in [0.2, 0.25) is 0 Å². The van der Waals surface area contributed by atoms with Gasteiger partial charge in [0.25, 0.3) is 0 Å². The predicted molar refractivity (Wildman–Crippen MR) is 58.7 cm³/mol. The lowest BCUT2D eigenvalue weighted by atomic mass is 9.88. The molecule has 1 heterocycles. The molecule has 2 nitrogen and oxygen atoms in total. The minimum Gasteiger partial charge on any atom is -0.458 e. The van der Waals surface area contributed by atoms with E-state index in [9.17, 15) is 9.18 Å². The van der Waals surface area contributed by atoms with Crippen LogP contribution < -0.4 is 0 Å². The Kier molecular flexibility index (Phi) is 2.70. The van der Waals surface area contributed by atoms with Crippen LogP contribution in [-0.4, -0.2) is 5.97 Å². The molecule has 0 spiro atoms. The third-order valence-corrected chi connectivity index (χ3v) is 2.97. The maximum Gasteiger partial charge on any atom is 0.310 e. The molecule has 1 aromatic rings. The summed E-state index contributed by atoms with van der Waals surface area (Å²) in [4.78, 5) is 11.4. The molecule has 86 valence electrons. The summed E-state index contributed by atoms with van der Waals surface area (Å²) < 4.78 is 18.5. The van der Waals surface area contributed by atoms with E-state index in [0.717, 1.165) is 16.7 Å². The van der Waals surface area contributed by atoms with Crippen LogP contribution >= 0.6 is 0 Å². The number of benzene rings is 1. The van der Waals surface area contributed by atoms with Crippen molar-refractivity contribution in [3.05, 3.63) is 34.6 Å². The molecule has 1 atom stereocenters. The molecule has 0 aromatic heterocycles. The highest BCUT2D eigenvalue weighted by molar-refractivity contribution is 5.76. The van der Waals surface area contributed by atoms with Crippen LogP contribution in [0, 0.1) is 5.82 Å². The Bertz CT molecular complexity index is 421. The molecule has 1 aromatic carbocycles. The standard InChI is InChI=1S/C13H15FO2/c1-7(2)10-4-9(14)5-11-8(3)16-13(15)6-12(10)11/h4-5,7-8H,6H2,1-3H3. The first-order valence-electron chi connectivity index (χ1n) is 5.50. The van der Waals surface area contributed by atoms with Gasteiger partial charge in [0, 0.05) is 0 Å². The number of fused-ring (bicyclic) bond motifs is 1. The number of hydrogen-bond acceptors (Lipinski definition) is 2. The molecule has 0 saturated heterocycles. The minimum atomic E-state index is -0.343. The van der Waals surface area contributed by atoms with Crippen molar-refractivity contribution in [2.24, 2.45) is 0 Å². The number of cyclic esters (lactones) is 1. The van der Waals surface area contributed by atoms with Crippen molar-refractivity contribution < 1.29 is 13.9 Å². The van der Waals surface area contributed by atoms with Gasteiger partial charge < -0.3 is 4.74 Å². The summed E-state index contributed by atoms with van der Waals surface area (Å²) in [6, 6.07) is 2.99. The summed E-state index contributed by atoms with van der Waals surface area (Å²) >= 11 is 0. The number of esters is 1. The summed E-state index contributed by atoms with van der Waals surface area (Å²) in [7, 11) is 0. The van der Waals surface area contributed by atoms with Crippen molar-refractivity contribution in [2.75, 3.05) is 0 Å². The van der Waals surface area contributed by atoms with E-state index in [-0.39, 0.29) is 30.2 Å². The topological polar surface area (TPSA) is 26.3 Å². The zero-order chi connectivity index (χ0) is 11.9. The Morgan fingerprint density at radius 1 is 1.44 bits per heavy atom. The lowest BCUT2D eigenvalue weighted by Crippen LogP contribution is -2.21. The molecule has 0 N–H and O–H groups in total. The second kappa shape index (κ2) is 3.89. The molecular weight excluding hydrogens is 207 g/mol. The van der Waals surface area contributed by atoms with Crippen molar-refractivity contribution in [1.29, 1.82) is 0 Å². The second-order valence-electron chi connectivity index (χ2n) is 4.53. The Labute approximate surface area is 94.4 Å². The van der Waals surface area contributed by atoms with E-state index in [2.05, 4.69) is 0 Å². The summed E-state index contributed by atoms with van der Waals surface area (Å²) in [6.07, 6.45) is -0.0857. The SMILES string of the molecule is CC(C)c1cc(F)cc2c1CC(=O)OC2C. The summed E-state index contributed by atoms with van der Waals surface area (Å²) in [5.41, 5.74) is 2.67. The van der Waals surface area contributed by atoms with Crippen LogP contribution in [0.5, 0.6) is 0 Å². The van der Waals surface area contributed by atoms with Crippen LogP contribution in [0.1, 0.15) is 49.5 Å². The number of rotatable bonds is 1. The van der Waals surface area contributed by atoms with E-state index in [1.54, 1.807) is 6.92 Å². The smallest absolute Gasteiger partial charge is 0.310 e. The average molecular weight is 222 g/mol. The van der Waals surface area contributed by atoms with Crippen LogP contribution in [0.25, 0.3) is 0 Å². The first-order chi connectivity index (χ1) is 7.49. The van der Waals surface area contributed by atoms with E-state index >= 15 is 0 Å². The van der Waals surface area contributed by atoms with E-state index in [0.29, 0.717) is 0 Å². The van der Waals surface area contributed by atoms with Crippen molar-refractivity contribution in [2.45, 2.75) is 39.2 Å². The molecule has 0 radical (unpaired) electrons. The van der Waals surface area contributed by atoms with Crippen LogP contribution in [-0.2, 0) is 16.0 Å². The molecule has 1 aliphatic heterocycles. The van der Waals surface area contributed by atoms with Crippen LogP contribution in [0.15, 0.2) is 12.1 Å². The van der Waals surface area contributed by atoms with E-state index in [4.69, 9.17) is 4.74 Å². The van der Waals surface area contributed by atoms with Crippen molar-refractivity contribution in [3.8, 4) is 0 Å². The predicted octanol–water partition coefficient (Wildman–Crippen LogP) is 3.11. The Morgan fingerprint density at radius 3 is 2.75 bits per heavy atom. The number of halogens is 1. The molecule has 0 saturated carbocycles. The molecule has 0 amide bonds. The second-order valence-corrected chi connectivity index (χ2v) is 4.53. The van der Waals surface area contributed by atoms with Gasteiger partial charge in [0.05, 0.1) is 6.42 Å². The van der Waals surface area contributed by atoms with Crippen molar-refractivity contribution in [1.82, 2.24) is 0 Å². The molecule has 0 fully saturated rings. The van der Waals surface area contributed by atoms with Crippen molar-refractivity contribution in [3.63, 3.8) is 0 Å². The zero-order valence-corrected chi connectivity index (χ0v) is 9.71. The van der Waals surface area contributed by atoms with Gasteiger partial charge in [-0.3, -0.25) is 4.79 Å². The van der Waals surface area contributed by atoms with E-state index < -0.39 is 0 Å². The zero-order valence-electron chi connectivity index (χ0n) is 9.71. The van der Waals surface area contributed by atoms with Gasteiger partial charge in [-0.05, 0) is 41.7 Å². The lowest BCUT2D eigenvalue weighted by Gasteiger charge is -2.26. The summed E-state index contributed by atoms with van der Waals surface area (Å²) in [5.74, 6) is -0.275.